The van der Waals surface area contributed by atoms with Crippen molar-refractivity contribution in [3.05, 3.63) is 21.9 Å². The van der Waals surface area contributed by atoms with Gasteiger partial charge in [-0.15, -0.1) is 10.2 Å². The maximum Gasteiger partial charge on any atom is 0.254 e. The van der Waals surface area contributed by atoms with Crippen LogP contribution in [0.5, 0.6) is 0 Å². The van der Waals surface area contributed by atoms with E-state index in [-0.39, 0.29) is 27.8 Å². The molecule has 5 nitrogen and oxygen atoms in total. The molecular formula is C12H14Cl2N4O. The molecule has 3 heterocycles. The molecule has 2 aliphatic rings. The van der Waals surface area contributed by atoms with E-state index in [1.807, 2.05) is 0 Å². The SMILES string of the molecule is O=C(NC1CCN2CCCC12)c1cc(Cl)nnc1Cl. The Hall–Kier alpha value is -0.910. The molecular weight excluding hydrogens is 287 g/mol. The predicted molar refractivity (Wildman–Crippen MR) is 72.5 cm³/mol. The summed E-state index contributed by atoms with van der Waals surface area (Å²) < 4.78 is 0. The maximum absolute atomic E-state index is 12.2. The zero-order valence-electron chi connectivity index (χ0n) is 10.3. The lowest BCUT2D eigenvalue weighted by atomic mass is 10.1. The number of hydrogen-bond donors (Lipinski definition) is 1. The average Bonchev–Trinajstić information content (AvgIpc) is 2.97. The van der Waals surface area contributed by atoms with Crippen LogP contribution >= 0.6 is 23.2 Å². The monoisotopic (exact) mass is 300 g/mol. The van der Waals surface area contributed by atoms with Crippen LogP contribution in [0.3, 0.4) is 0 Å². The van der Waals surface area contributed by atoms with Gasteiger partial charge in [-0.25, -0.2) is 0 Å². The molecule has 19 heavy (non-hydrogen) atoms. The molecule has 2 fully saturated rings. The summed E-state index contributed by atoms with van der Waals surface area (Å²) in [7, 11) is 0. The summed E-state index contributed by atoms with van der Waals surface area (Å²) in [4.78, 5) is 14.7. The van der Waals surface area contributed by atoms with E-state index in [1.165, 1.54) is 12.5 Å². The van der Waals surface area contributed by atoms with Gasteiger partial charge < -0.3 is 5.32 Å². The van der Waals surface area contributed by atoms with E-state index in [0.717, 1.165) is 25.9 Å². The van der Waals surface area contributed by atoms with Gasteiger partial charge in [-0.3, -0.25) is 9.69 Å². The smallest absolute Gasteiger partial charge is 0.254 e. The van der Waals surface area contributed by atoms with Gasteiger partial charge in [-0.2, -0.15) is 0 Å². The number of nitrogens with zero attached hydrogens (tertiary/aromatic N) is 3. The summed E-state index contributed by atoms with van der Waals surface area (Å²) in [5.41, 5.74) is 0.290. The number of carbonyl (C=O) groups excluding carboxylic acids is 1. The quantitative estimate of drug-likeness (QED) is 0.904. The second kappa shape index (κ2) is 5.23. The summed E-state index contributed by atoms with van der Waals surface area (Å²) in [5, 5.41) is 10.6. The molecule has 2 unspecified atom stereocenters. The Balaban J connectivity index is 1.73. The molecule has 0 aliphatic carbocycles. The number of rotatable bonds is 2. The van der Waals surface area contributed by atoms with Crippen LogP contribution in [-0.2, 0) is 0 Å². The zero-order chi connectivity index (χ0) is 13.4. The molecule has 2 saturated heterocycles. The number of aromatic nitrogens is 2. The largest absolute Gasteiger partial charge is 0.348 e. The minimum atomic E-state index is -0.222. The normalized spacial score (nSPS) is 26.4. The fourth-order valence-corrected chi connectivity index (χ4v) is 3.33. The molecule has 0 aromatic carbocycles. The summed E-state index contributed by atoms with van der Waals surface area (Å²) in [6.07, 6.45) is 3.34. The van der Waals surface area contributed by atoms with E-state index in [1.54, 1.807) is 0 Å². The lowest BCUT2D eigenvalue weighted by Gasteiger charge is -2.21. The fourth-order valence-electron chi connectivity index (χ4n) is 3.01. The minimum Gasteiger partial charge on any atom is -0.348 e. The van der Waals surface area contributed by atoms with Crippen molar-refractivity contribution in [3.8, 4) is 0 Å². The molecule has 3 rings (SSSR count). The Labute approximate surface area is 121 Å². The maximum atomic E-state index is 12.2. The third-order valence-electron chi connectivity index (χ3n) is 3.89. The van der Waals surface area contributed by atoms with E-state index >= 15 is 0 Å². The number of fused-ring (bicyclic) bond motifs is 1. The van der Waals surface area contributed by atoms with Gasteiger partial charge in [0.2, 0.25) is 0 Å². The molecule has 7 heteroatoms. The van der Waals surface area contributed by atoms with Crippen LogP contribution in [0.4, 0.5) is 0 Å². The number of nitrogens with one attached hydrogen (secondary N) is 1. The second-order valence-corrected chi connectivity index (χ2v) is 5.73. The third kappa shape index (κ3) is 2.55. The molecule has 2 atom stereocenters. The van der Waals surface area contributed by atoms with Crippen LogP contribution in [-0.4, -0.2) is 46.2 Å². The van der Waals surface area contributed by atoms with Gasteiger partial charge in [0.15, 0.2) is 10.3 Å². The Morgan fingerprint density at radius 3 is 3.00 bits per heavy atom. The highest BCUT2D eigenvalue weighted by Crippen LogP contribution is 2.28. The van der Waals surface area contributed by atoms with Crippen molar-refractivity contribution in [2.24, 2.45) is 0 Å². The lowest BCUT2D eigenvalue weighted by molar-refractivity contribution is 0.0929. The first-order valence-corrected chi connectivity index (χ1v) is 7.14. The van der Waals surface area contributed by atoms with Crippen molar-refractivity contribution < 1.29 is 4.79 Å². The Bertz CT molecular complexity index is 511. The van der Waals surface area contributed by atoms with Crippen LogP contribution in [0.1, 0.15) is 29.6 Å². The number of carbonyl (C=O) groups is 1. The number of amides is 1. The first kappa shape index (κ1) is 13.1. The highest BCUT2D eigenvalue weighted by Gasteiger charge is 2.38. The van der Waals surface area contributed by atoms with E-state index in [9.17, 15) is 4.79 Å². The van der Waals surface area contributed by atoms with Crippen LogP contribution in [0.25, 0.3) is 0 Å². The second-order valence-electron chi connectivity index (χ2n) is 4.99. The van der Waals surface area contributed by atoms with E-state index in [2.05, 4.69) is 20.4 Å². The number of hydrogen-bond acceptors (Lipinski definition) is 4. The summed E-state index contributed by atoms with van der Waals surface area (Å²) in [6, 6.07) is 2.11. The van der Waals surface area contributed by atoms with Crippen molar-refractivity contribution >= 4 is 29.1 Å². The highest BCUT2D eigenvalue weighted by atomic mass is 35.5. The van der Waals surface area contributed by atoms with Crippen molar-refractivity contribution in [2.45, 2.75) is 31.3 Å². The van der Waals surface area contributed by atoms with Gasteiger partial charge in [0.05, 0.1) is 5.56 Å². The molecule has 0 bridgehead atoms. The fraction of sp³-hybridized carbons (Fsp3) is 0.583. The van der Waals surface area contributed by atoms with Gasteiger partial charge >= 0.3 is 0 Å². The van der Waals surface area contributed by atoms with Crippen molar-refractivity contribution in [3.63, 3.8) is 0 Å². The molecule has 2 aliphatic heterocycles. The predicted octanol–water partition coefficient (Wildman–Crippen LogP) is 1.75. The summed E-state index contributed by atoms with van der Waals surface area (Å²) in [5.74, 6) is -0.222. The lowest BCUT2D eigenvalue weighted by Crippen LogP contribution is -2.42. The Morgan fingerprint density at radius 2 is 2.16 bits per heavy atom. The van der Waals surface area contributed by atoms with Gasteiger partial charge in [0.1, 0.15) is 0 Å². The molecule has 1 aromatic rings. The molecule has 1 aromatic heterocycles. The van der Waals surface area contributed by atoms with Crippen molar-refractivity contribution in [2.75, 3.05) is 13.1 Å². The van der Waals surface area contributed by atoms with Crippen LogP contribution < -0.4 is 5.32 Å². The minimum absolute atomic E-state index is 0.0863. The van der Waals surface area contributed by atoms with Crippen molar-refractivity contribution in [1.29, 1.82) is 0 Å². The Morgan fingerprint density at radius 1 is 1.32 bits per heavy atom. The molecule has 102 valence electrons. The molecule has 0 radical (unpaired) electrons. The van der Waals surface area contributed by atoms with Gasteiger partial charge in [0, 0.05) is 18.6 Å². The van der Waals surface area contributed by atoms with E-state index in [0.29, 0.717) is 6.04 Å². The van der Waals surface area contributed by atoms with Gasteiger partial charge in [-0.05, 0) is 31.9 Å². The van der Waals surface area contributed by atoms with Crippen LogP contribution in [0.15, 0.2) is 6.07 Å². The standard InChI is InChI=1S/C12H14Cl2N4O/c13-10-6-7(11(14)17-16-10)12(19)15-8-3-5-18-4-1-2-9(8)18/h6,8-9H,1-5H2,(H,15,19). The first-order chi connectivity index (χ1) is 9.15. The first-order valence-electron chi connectivity index (χ1n) is 6.39. The van der Waals surface area contributed by atoms with Crippen LogP contribution in [0, 0.1) is 0 Å². The van der Waals surface area contributed by atoms with Gasteiger partial charge in [-0.1, -0.05) is 23.2 Å². The molecule has 0 spiro atoms. The number of halogens is 2. The topological polar surface area (TPSA) is 58.1 Å². The molecule has 0 saturated carbocycles. The Kier molecular flexibility index (Phi) is 3.60. The molecule has 1 N–H and O–H groups in total. The summed E-state index contributed by atoms with van der Waals surface area (Å²) >= 11 is 11.6. The van der Waals surface area contributed by atoms with Crippen molar-refractivity contribution in [1.82, 2.24) is 20.4 Å². The van der Waals surface area contributed by atoms with E-state index < -0.39 is 0 Å². The summed E-state index contributed by atoms with van der Waals surface area (Å²) in [6.45, 7) is 2.19. The van der Waals surface area contributed by atoms with E-state index in [4.69, 9.17) is 23.2 Å². The highest BCUT2D eigenvalue weighted by molar-refractivity contribution is 6.34. The third-order valence-corrected chi connectivity index (χ3v) is 4.35. The van der Waals surface area contributed by atoms with Gasteiger partial charge in [0.25, 0.3) is 5.91 Å². The zero-order valence-corrected chi connectivity index (χ0v) is 11.8. The van der Waals surface area contributed by atoms with Crippen LogP contribution in [0.2, 0.25) is 10.3 Å². The average molecular weight is 301 g/mol. The molecule has 1 amide bonds.